The molecule has 0 radical (unpaired) electrons. The summed E-state index contributed by atoms with van der Waals surface area (Å²) < 4.78 is 6.49. The van der Waals surface area contributed by atoms with Crippen LogP contribution < -0.4 is 0 Å². The molecule has 3 nitrogen and oxygen atoms in total. The molecule has 0 aliphatic carbocycles. The summed E-state index contributed by atoms with van der Waals surface area (Å²) in [5.41, 5.74) is -0.434. The van der Waals surface area contributed by atoms with Gasteiger partial charge in [-0.25, -0.2) is 4.79 Å². The SMILES string of the molecule is CCOC(=O)C(=CI)C(C)(O)c1ccccc1. The van der Waals surface area contributed by atoms with Crippen LogP contribution in [0.25, 0.3) is 0 Å². The average Bonchev–Trinajstić information content (AvgIpc) is 2.31. The highest BCUT2D eigenvalue weighted by molar-refractivity contribution is 14.1. The smallest absolute Gasteiger partial charge is 0.337 e. The maximum Gasteiger partial charge on any atom is 0.337 e. The number of hydrogen-bond donors (Lipinski definition) is 1. The fourth-order valence-electron chi connectivity index (χ4n) is 1.48. The summed E-state index contributed by atoms with van der Waals surface area (Å²) in [7, 11) is 0. The lowest BCUT2D eigenvalue weighted by Crippen LogP contribution is -2.29. The van der Waals surface area contributed by atoms with Crippen LogP contribution in [-0.2, 0) is 15.1 Å². The molecule has 0 amide bonds. The first-order valence-corrected chi connectivity index (χ1v) is 6.54. The molecule has 0 fully saturated rings. The monoisotopic (exact) mass is 346 g/mol. The molecule has 1 N–H and O–H groups in total. The van der Waals surface area contributed by atoms with Crippen molar-refractivity contribution in [3.8, 4) is 0 Å². The Hall–Kier alpha value is -0.880. The molecule has 1 atom stereocenters. The van der Waals surface area contributed by atoms with Gasteiger partial charge in [0.2, 0.25) is 0 Å². The second kappa shape index (κ2) is 6.16. The van der Waals surface area contributed by atoms with Gasteiger partial charge in [0, 0.05) is 0 Å². The van der Waals surface area contributed by atoms with E-state index in [1.54, 1.807) is 30.1 Å². The van der Waals surface area contributed by atoms with E-state index in [0.717, 1.165) is 0 Å². The maximum atomic E-state index is 11.7. The van der Waals surface area contributed by atoms with Gasteiger partial charge in [0.25, 0.3) is 0 Å². The van der Waals surface area contributed by atoms with Crippen LogP contribution >= 0.6 is 22.6 Å². The van der Waals surface area contributed by atoms with Crippen LogP contribution in [0.4, 0.5) is 0 Å². The molecule has 0 heterocycles. The zero-order chi connectivity index (χ0) is 12.9. The number of hydrogen-bond acceptors (Lipinski definition) is 3. The number of carbonyl (C=O) groups excluding carboxylic acids is 1. The summed E-state index contributed by atoms with van der Waals surface area (Å²) in [6.45, 7) is 3.61. The minimum absolute atomic E-state index is 0.242. The Morgan fingerprint density at radius 2 is 2.06 bits per heavy atom. The van der Waals surface area contributed by atoms with Gasteiger partial charge in [-0.15, -0.1) is 0 Å². The number of ether oxygens (including phenoxy) is 1. The molecule has 0 saturated heterocycles. The molecule has 1 unspecified atom stereocenters. The maximum absolute atomic E-state index is 11.7. The van der Waals surface area contributed by atoms with Crippen LogP contribution in [0.15, 0.2) is 40.0 Å². The molecular formula is C13H15IO3. The summed E-state index contributed by atoms with van der Waals surface area (Å²) >= 11 is 1.93. The van der Waals surface area contributed by atoms with E-state index in [0.29, 0.717) is 5.56 Å². The third-order valence-electron chi connectivity index (χ3n) is 2.46. The first-order chi connectivity index (χ1) is 8.04. The molecule has 0 bridgehead atoms. The first kappa shape index (κ1) is 14.2. The molecule has 0 saturated carbocycles. The Bertz CT molecular complexity index is 410. The van der Waals surface area contributed by atoms with Crippen LogP contribution in [0, 0.1) is 0 Å². The van der Waals surface area contributed by atoms with Crippen molar-refractivity contribution in [2.75, 3.05) is 6.61 Å². The number of carbonyl (C=O) groups is 1. The van der Waals surface area contributed by atoms with Crippen molar-refractivity contribution in [2.45, 2.75) is 19.4 Å². The highest BCUT2D eigenvalue weighted by atomic mass is 127. The Kier molecular flexibility index (Phi) is 5.14. The average molecular weight is 346 g/mol. The van der Waals surface area contributed by atoms with E-state index in [-0.39, 0.29) is 12.2 Å². The van der Waals surface area contributed by atoms with Crippen molar-refractivity contribution in [1.29, 1.82) is 0 Å². The molecular weight excluding hydrogens is 331 g/mol. The summed E-state index contributed by atoms with van der Waals surface area (Å²) in [6, 6.07) is 9.05. The molecule has 0 spiro atoms. The van der Waals surface area contributed by atoms with Gasteiger partial charge in [0.05, 0.1) is 12.2 Å². The van der Waals surface area contributed by atoms with Gasteiger partial charge in [0.1, 0.15) is 5.60 Å². The van der Waals surface area contributed by atoms with Crippen molar-refractivity contribution in [2.24, 2.45) is 0 Å². The van der Waals surface area contributed by atoms with Crippen molar-refractivity contribution in [3.05, 3.63) is 45.6 Å². The fraction of sp³-hybridized carbons (Fsp3) is 0.308. The van der Waals surface area contributed by atoms with E-state index in [1.165, 1.54) is 0 Å². The number of aliphatic hydroxyl groups is 1. The van der Waals surface area contributed by atoms with Gasteiger partial charge < -0.3 is 9.84 Å². The highest BCUT2D eigenvalue weighted by Gasteiger charge is 2.33. The molecule has 17 heavy (non-hydrogen) atoms. The largest absolute Gasteiger partial charge is 0.463 e. The highest BCUT2D eigenvalue weighted by Crippen LogP contribution is 2.30. The molecule has 92 valence electrons. The van der Waals surface area contributed by atoms with Gasteiger partial charge in [-0.1, -0.05) is 52.9 Å². The summed E-state index contributed by atoms with van der Waals surface area (Å²) in [4.78, 5) is 11.7. The zero-order valence-electron chi connectivity index (χ0n) is 9.81. The number of esters is 1. The van der Waals surface area contributed by atoms with E-state index >= 15 is 0 Å². The minimum atomic E-state index is -1.34. The minimum Gasteiger partial charge on any atom is -0.463 e. The van der Waals surface area contributed by atoms with Crippen molar-refractivity contribution >= 4 is 28.6 Å². The summed E-state index contributed by atoms with van der Waals surface area (Å²) in [6.07, 6.45) is 0. The number of benzene rings is 1. The normalized spacial score (nSPS) is 15.2. The fourth-order valence-corrected chi connectivity index (χ4v) is 2.34. The lowest BCUT2D eigenvalue weighted by molar-refractivity contribution is -0.141. The summed E-state index contributed by atoms with van der Waals surface area (Å²) in [5, 5.41) is 10.5. The van der Waals surface area contributed by atoms with Crippen LogP contribution in [0.3, 0.4) is 0 Å². The van der Waals surface area contributed by atoms with E-state index in [1.807, 2.05) is 40.8 Å². The van der Waals surface area contributed by atoms with Crippen molar-refractivity contribution in [1.82, 2.24) is 0 Å². The van der Waals surface area contributed by atoms with Gasteiger partial charge in [-0.2, -0.15) is 0 Å². The quantitative estimate of drug-likeness (QED) is 0.518. The van der Waals surface area contributed by atoms with Crippen molar-refractivity contribution in [3.63, 3.8) is 0 Å². The van der Waals surface area contributed by atoms with Crippen molar-refractivity contribution < 1.29 is 14.6 Å². The topological polar surface area (TPSA) is 46.5 Å². The Labute approximate surface area is 115 Å². The van der Waals surface area contributed by atoms with E-state index in [9.17, 15) is 9.90 Å². The molecule has 1 aromatic carbocycles. The molecule has 1 rings (SSSR count). The lowest BCUT2D eigenvalue weighted by atomic mass is 9.89. The van der Waals surface area contributed by atoms with Gasteiger partial charge in [-0.05, 0) is 23.5 Å². The van der Waals surface area contributed by atoms with Gasteiger partial charge in [-0.3, -0.25) is 0 Å². The second-order valence-corrected chi connectivity index (χ2v) is 4.30. The number of rotatable bonds is 4. The van der Waals surface area contributed by atoms with Crippen LogP contribution in [-0.4, -0.2) is 17.7 Å². The molecule has 0 aliphatic rings. The molecule has 0 aliphatic heterocycles. The molecule has 1 aromatic rings. The number of halogens is 1. The molecule has 4 heteroatoms. The van der Waals surface area contributed by atoms with E-state index in [2.05, 4.69) is 0 Å². The Morgan fingerprint density at radius 1 is 1.47 bits per heavy atom. The van der Waals surface area contributed by atoms with Crippen LogP contribution in [0.1, 0.15) is 19.4 Å². The Balaban J connectivity index is 3.08. The zero-order valence-corrected chi connectivity index (χ0v) is 12.0. The van der Waals surface area contributed by atoms with Crippen LogP contribution in [0.5, 0.6) is 0 Å². The van der Waals surface area contributed by atoms with E-state index < -0.39 is 11.6 Å². The third kappa shape index (κ3) is 3.29. The third-order valence-corrected chi connectivity index (χ3v) is 3.09. The second-order valence-electron chi connectivity index (χ2n) is 3.68. The predicted octanol–water partition coefficient (Wildman–Crippen LogP) is 2.78. The first-order valence-electron chi connectivity index (χ1n) is 5.30. The van der Waals surface area contributed by atoms with E-state index in [4.69, 9.17) is 4.74 Å². The van der Waals surface area contributed by atoms with Crippen LogP contribution in [0.2, 0.25) is 0 Å². The summed E-state index contributed by atoms with van der Waals surface area (Å²) in [5.74, 6) is -0.490. The van der Waals surface area contributed by atoms with Gasteiger partial charge >= 0.3 is 5.97 Å². The van der Waals surface area contributed by atoms with Gasteiger partial charge in [0.15, 0.2) is 0 Å². The lowest BCUT2D eigenvalue weighted by Gasteiger charge is -2.25. The standard InChI is InChI=1S/C13H15IO3/c1-3-17-12(15)11(9-14)13(2,16)10-7-5-4-6-8-10/h4-9,16H,3H2,1-2H3. The predicted molar refractivity (Wildman–Crippen MR) is 74.7 cm³/mol. The Morgan fingerprint density at radius 3 is 2.53 bits per heavy atom. The molecule has 0 aromatic heterocycles.